The molecule has 0 radical (unpaired) electrons. The number of hydrogen-bond acceptors (Lipinski definition) is 5. The van der Waals surface area contributed by atoms with Gasteiger partial charge in [0.05, 0.1) is 0 Å². The van der Waals surface area contributed by atoms with Gasteiger partial charge in [0.25, 0.3) is 6.43 Å². The number of aromatic nitrogens is 2. The lowest BCUT2D eigenvalue weighted by Crippen LogP contribution is -2.43. The van der Waals surface area contributed by atoms with Crippen molar-refractivity contribution < 1.29 is 13.5 Å². The van der Waals surface area contributed by atoms with E-state index in [1.54, 1.807) is 12.1 Å². The van der Waals surface area contributed by atoms with Crippen LogP contribution in [0.1, 0.15) is 44.9 Å². The van der Waals surface area contributed by atoms with Crippen LogP contribution in [0.25, 0.3) is 11.1 Å². The van der Waals surface area contributed by atoms with Crippen LogP contribution in [0.15, 0.2) is 30.6 Å². The van der Waals surface area contributed by atoms with Crippen LogP contribution >= 0.6 is 0 Å². The Morgan fingerprint density at radius 1 is 1.31 bits per heavy atom. The zero-order valence-electron chi connectivity index (χ0n) is 15.0. The van der Waals surface area contributed by atoms with Gasteiger partial charge in [-0.15, -0.1) is 0 Å². The Kier molecular flexibility index (Phi) is 6.22. The molecule has 2 N–H and O–H groups in total. The van der Waals surface area contributed by atoms with Crippen molar-refractivity contribution in [1.29, 1.82) is 5.26 Å². The van der Waals surface area contributed by atoms with Gasteiger partial charge in [-0.2, -0.15) is 5.26 Å². The maximum Gasteiger partial charge on any atom is 0.281 e. The first-order valence-corrected chi connectivity index (χ1v) is 8.29. The lowest BCUT2D eigenvalue weighted by atomic mass is 9.93. The van der Waals surface area contributed by atoms with Gasteiger partial charge in [-0.1, -0.05) is 13.8 Å². The van der Waals surface area contributed by atoms with Crippen LogP contribution in [0.3, 0.4) is 0 Å². The van der Waals surface area contributed by atoms with Crippen LogP contribution in [0.2, 0.25) is 0 Å². The third-order valence-corrected chi connectivity index (χ3v) is 3.75. The van der Waals surface area contributed by atoms with Gasteiger partial charge >= 0.3 is 0 Å². The fourth-order valence-electron chi connectivity index (χ4n) is 2.85. The quantitative estimate of drug-likeness (QED) is 0.804. The van der Waals surface area contributed by atoms with Gasteiger partial charge in [-0.25, -0.2) is 13.8 Å². The van der Waals surface area contributed by atoms with E-state index in [1.807, 2.05) is 26.8 Å². The van der Waals surface area contributed by atoms with E-state index >= 15 is 0 Å². The Morgan fingerprint density at radius 3 is 2.50 bits per heavy atom. The maximum absolute atomic E-state index is 13.5. The number of ether oxygens (including phenoxy) is 1. The van der Waals surface area contributed by atoms with Crippen molar-refractivity contribution >= 4 is 0 Å². The van der Waals surface area contributed by atoms with Crippen molar-refractivity contribution in [3.63, 3.8) is 0 Å². The van der Waals surface area contributed by atoms with Gasteiger partial charge in [0.15, 0.2) is 0 Å². The maximum atomic E-state index is 13.5. The van der Waals surface area contributed by atoms with Crippen LogP contribution < -0.4 is 10.5 Å². The van der Waals surface area contributed by atoms with Crippen molar-refractivity contribution in [2.75, 3.05) is 6.61 Å². The second-order valence-electron chi connectivity index (χ2n) is 6.96. The fourth-order valence-corrected chi connectivity index (χ4v) is 2.85. The van der Waals surface area contributed by atoms with Crippen LogP contribution in [-0.4, -0.2) is 22.1 Å². The highest BCUT2D eigenvalue weighted by molar-refractivity contribution is 5.68. The molecular weight excluding hydrogens is 338 g/mol. The first-order valence-electron chi connectivity index (χ1n) is 8.29. The summed E-state index contributed by atoms with van der Waals surface area (Å²) in [7, 11) is 0. The topological polar surface area (TPSA) is 84.8 Å². The molecule has 5 nitrogen and oxygen atoms in total. The zero-order valence-corrected chi connectivity index (χ0v) is 15.0. The number of hydrogen-bond donors (Lipinski definition) is 1. The zero-order chi connectivity index (χ0) is 19.3. The van der Waals surface area contributed by atoms with E-state index in [4.69, 9.17) is 10.5 Å². The lowest BCUT2D eigenvalue weighted by Gasteiger charge is -2.26. The lowest BCUT2D eigenvalue weighted by molar-refractivity contribution is 0.143. The molecule has 1 atom stereocenters. The standard InChI is InChI=1S/C19H22F2N4O/c1-12(2)9-19(3,23)11-26-18-14(10-22)8-15(16(25-18)17(20)21)13-4-6-24-7-5-13/h4-8,12,17H,9,11,23H2,1-3H3/t19-/m0/s1. The predicted molar refractivity (Wildman–Crippen MR) is 94.7 cm³/mol. The summed E-state index contributed by atoms with van der Waals surface area (Å²) < 4.78 is 32.6. The summed E-state index contributed by atoms with van der Waals surface area (Å²) in [4.78, 5) is 7.80. The summed E-state index contributed by atoms with van der Waals surface area (Å²) >= 11 is 0. The molecule has 2 heterocycles. The molecular formula is C19H22F2N4O. The first kappa shape index (κ1) is 19.7. The number of alkyl halides is 2. The van der Waals surface area contributed by atoms with E-state index in [0.717, 1.165) is 0 Å². The van der Waals surface area contributed by atoms with Crippen molar-refractivity contribution in [3.05, 3.63) is 41.9 Å². The Balaban J connectivity index is 2.39. The van der Waals surface area contributed by atoms with Crippen molar-refractivity contribution in [3.8, 4) is 23.1 Å². The molecule has 0 saturated heterocycles. The smallest absolute Gasteiger partial charge is 0.281 e. The molecule has 2 rings (SSSR count). The Morgan fingerprint density at radius 2 is 1.96 bits per heavy atom. The van der Waals surface area contributed by atoms with Crippen molar-refractivity contribution in [2.45, 2.75) is 39.2 Å². The monoisotopic (exact) mass is 360 g/mol. The third kappa shape index (κ3) is 4.96. The average molecular weight is 360 g/mol. The second kappa shape index (κ2) is 8.19. The van der Waals surface area contributed by atoms with Crippen LogP contribution in [0, 0.1) is 17.2 Å². The highest BCUT2D eigenvalue weighted by atomic mass is 19.3. The van der Waals surface area contributed by atoms with Gasteiger partial charge in [-0.3, -0.25) is 4.98 Å². The third-order valence-electron chi connectivity index (χ3n) is 3.75. The van der Waals surface area contributed by atoms with Gasteiger partial charge in [0, 0.05) is 23.5 Å². The van der Waals surface area contributed by atoms with Crippen molar-refractivity contribution in [1.82, 2.24) is 9.97 Å². The number of halogens is 2. The van der Waals surface area contributed by atoms with E-state index in [2.05, 4.69) is 9.97 Å². The molecule has 2 aromatic rings. The van der Waals surface area contributed by atoms with Gasteiger partial charge in [0.2, 0.25) is 5.88 Å². The SMILES string of the molecule is CC(C)C[C@](C)(N)COc1nc(C(F)F)c(-c2ccncc2)cc1C#N. The number of rotatable bonds is 7. The molecule has 7 heteroatoms. The fraction of sp³-hybridized carbons (Fsp3) is 0.421. The summed E-state index contributed by atoms with van der Waals surface area (Å²) in [6.07, 6.45) is 0.860. The predicted octanol–water partition coefficient (Wildman–Crippen LogP) is 4.10. The van der Waals surface area contributed by atoms with E-state index in [1.165, 1.54) is 18.5 Å². The van der Waals surface area contributed by atoms with Crippen molar-refractivity contribution in [2.24, 2.45) is 11.7 Å². The summed E-state index contributed by atoms with van der Waals surface area (Å²) in [5.74, 6) is 0.226. The van der Waals surface area contributed by atoms with Crippen LogP contribution in [0.4, 0.5) is 8.78 Å². The summed E-state index contributed by atoms with van der Waals surface area (Å²) in [5.41, 5.74) is 5.87. The van der Waals surface area contributed by atoms with Gasteiger partial charge in [0.1, 0.15) is 23.9 Å². The summed E-state index contributed by atoms with van der Waals surface area (Å²) in [6, 6.07) is 6.51. The second-order valence-corrected chi connectivity index (χ2v) is 6.96. The number of nitriles is 1. The molecule has 0 bridgehead atoms. The van der Waals surface area contributed by atoms with Gasteiger partial charge in [-0.05, 0) is 43.0 Å². The van der Waals surface area contributed by atoms with Crippen LogP contribution in [-0.2, 0) is 0 Å². The van der Waals surface area contributed by atoms with Gasteiger partial charge < -0.3 is 10.5 Å². The average Bonchev–Trinajstić information content (AvgIpc) is 2.58. The Hall–Kier alpha value is -2.59. The molecule has 0 amide bonds. The largest absolute Gasteiger partial charge is 0.475 e. The molecule has 0 saturated carbocycles. The molecule has 0 aliphatic carbocycles. The summed E-state index contributed by atoms with van der Waals surface area (Å²) in [6.45, 7) is 5.95. The van der Waals surface area contributed by atoms with E-state index in [0.29, 0.717) is 17.9 Å². The van der Waals surface area contributed by atoms with E-state index in [-0.39, 0.29) is 23.6 Å². The Bertz CT molecular complexity index is 786. The molecule has 0 unspecified atom stereocenters. The molecule has 0 aromatic carbocycles. The van der Waals surface area contributed by atoms with E-state index < -0.39 is 17.7 Å². The number of nitrogens with zero attached hydrogens (tertiary/aromatic N) is 3. The highest BCUT2D eigenvalue weighted by Gasteiger charge is 2.24. The minimum absolute atomic E-state index is 0.0736. The summed E-state index contributed by atoms with van der Waals surface area (Å²) in [5, 5.41) is 9.39. The minimum Gasteiger partial charge on any atom is -0.475 e. The molecule has 26 heavy (non-hydrogen) atoms. The first-order chi connectivity index (χ1) is 12.2. The number of nitrogens with two attached hydrogens (primary N) is 1. The molecule has 0 aliphatic heterocycles. The number of pyridine rings is 2. The Labute approximate surface area is 151 Å². The minimum atomic E-state index is -2.81. The molecule has 2 aromatic heterocycles. The molecule has 138 valence electrons. The molecule has 0 spiro atoms. The molecule has 0 fully saturated rings. The van der Waals surface area contributed by atoms with Crippen LogP contribution in [0.5, 0.6) is 5.88 Å². The molecule has 0 aliphatic rings. The highest BCUT2D eigenvalue weighted by Crippen LogP contribution is 2.33. The normalized spacial score (nSPS) is 13.5. The van der Waals surface area contributed by atoms with E-state index in [9.17, 15) is 14.0 Å².